The first kappa shape index (κ1) is 32.7. The largest absolute Gasteiger partial charge is 0.373 e. The van der Waals surface area contributed by atoms with Gasteiger partial charge in [-0.15, -0.1) is 0 Å². The lowest BCUT2D eigenvalue weighted by molar-refractivity contribution is 0.142. The van der Waals surface area contributed by atoms with Crippen molar-refractivity contribution >= 4 is 17.5 Å². The van der Waals surface area contributed by atoms with Gasteiger partial charge in [0.05, 0.1) is 0 Å². The predicted molar refractivity (Wildman–Crippen MR) is 174 cm³/mol. The quantitative estimate of drug-likeness (QED) is 0.167. The Labute approximate surface area is 241 Å². The van der Waals surface area contributed by atoms with Crippen LogP contribution in [-0.2, 0) is 4.74 Å². The van der Waals surface area contributed by atoms with Gasteiger partial charge in [0.1, 0.15) is 6.10 Å². The average molecular weight is 533 g/mol. The van der Waals surface area contributed by atoms with Gasteiger partial charge < -0.3 is 14.5 Å². The van der Waals surface area contributed by atoms with Crippen LogP contribution in [-0.4, -0.2) is 33.3 Å². The Hall–Kier alpha value is -2.52. The fraction of sp³-hybridized carbons (Fsp3) is 0.556. The zero-order valence-corrected chi connectivity index (χ0v) is 26.1. The molecule has 0 aromatic heterocycles. The SMILES string of the molecule is CCCCN(CCCC)c1ccc(/C=C/C=C/C(OC)c2ccc(N(CCCC)CCCC)cc2C)c(C)c1. The van der Waals surface area contributed by atoms with E-state index in [9.17, 15) is 0 Å². The third-order valence-corrected chi connectivity index (χ3v) is 7.60. The maximum absolute atomic E-state index is 5.89. The first-order valence-corrected chi connectivity index (χ1v) is 15.6. The maximum Gasteiger partial charge on any atom is 0.101 e. The van der Waals surface area contributed by atoms with Crippen molar-refractivity contribution in [2.24, 2.45) is 0 Å². The van der Waals surface area contributed by atoms with Gasteiger partial charge in [-0.2, -0.15) is 0 Å². The zero-order valence-electron chi connectivity index (χ0n) is 26.1. The molecule has 0 radical (unpaired) electrons. The highest BCUT2D eigenvalue weighted by Crippen LogP contribution is 2.27. The minimum Gasteiger partial charge on any atom is -0.373 e. The predicted octanol–water partition coefficient (Wildman–Crippen LogP) is 10.1. The molecule has 1 atom stereocenters. The van der Waals surface area contributed by atoms with Crippen molar-refractivity contribution < 1.29 is 4.74 Å². The van der Waals surface area contributed by atoms with E-state index in [0.29, 0.717) is 0 Å². The van der Waals surface area contributed by atoms with E-state index in [0.717, 1.165) is 26.2 Å². The molecule has 2 aromatic rings. The van der Waals surface area contributed by atoms with Gasteiger partial charge in [-0.3, -0.25) is 0 Å². The van der Waals surface area contributed by atoms with Gasteiger partial charge >= 0.3 is 0 Å². The van der Waals surface area contributed by atoms with Crippen LogP contribution in [0.15, 0.2) is 54.6 Å². The molecule has 0 aliphatic carbocycles. The van der Waals surface area contributed by atoms with E-state index < -0.39 is 0 Å². The van der Waals surface area contributed by atoms with Crippen LogP contribution in [0.2, 0.25) is 0 Å². The molecule has 216 valence electrons. The molecule has 0 saturated heterocycles. The summed E-state index contributed by atoms with van der Waals surface area (Å²) in [5, 5.41) is 0. The van der Waals surface area contributed by atoms with Gasteiger partial charge in [0.2, 0.25) is 0 Å². The molecule has 2 aromatic carbocycles. The number of hydrogen-bond donors (Lipinski definition) is 0. The average Bonchev–Trinajstić information content (AvgIpc) is 2.94. The molecule has 0 fully saturated rings. The molecule has 0 bridgehead atoms. The molecule has 0 spiro atoms. The van der Waals surface area contributed by atoms with Crippen LogP contribution in [0.25, 0.3) is 6.08 Å². The van der Waals surface area contributed by atoms with Gasteiger partial charge in [-0.1, -0.05) is 89.8 Å². The van der Waals surface area contributed by atoms with Crippen LogP contribution >= 0.6 is 0 Å². The molecular weight excluding hydrogens is 476 g/mol. The lowest BCUT2D eigenvalue weighted by Gasteiger charge is -2.26. The van der Waals surface area contributed by atoms with E-state index in [4.69, 9.17) is 4.74 Å². The molecular formula is C36H56N2O. The molecule has 0 saturated carbocycles. The van der Waals surface area contributed by atoms with Crippen molar-refractivity contribution in [1.82, 2.24) is 0 Å². The third kappa shape index (κ3) is 10.9. The second kappa shape index (κ2) is 18.7. The molecule has 0 aliphatic heterocycles. The summed E-state index contributed by atoms with van der Waals surface area (Å²) in [4.78, 5) is 5.10. The lowest BCUT2D eigenvalue weighted by Crippen LogP contribution is -2.25. The molecule has 0 N–H and O–H groups in total. The molecule has 0 amide bonds. The number of ether oxygens (including phenoxy) is 1. The molecule has 0 aliphatic rings. The third-order valence-electron chi connectivity index (χ3n) is 7.60. The lowest BCUT2D eigenvalue weighted by atomic mass is 10.0. The highest BCUT2D eigenvalue weighted by Gasteiger charge is 2.13. The summed E-state index contributed by atoms with van der Waals surface area (Å²) in [6.45, 7) is 18.0. The molecule has 2 rings (SSSR count). The fourth-order valence-corrected chi connectivity index (χ4v) is 4.99. The summed E-state index contributed by atoms with van der Waals surface area (Å²) < 4.78 is 5.89. The zero-order chi connectivity index (χ0) is 28.5. The van der Waals surface area contributed by atoms with E-state index in [-0.39, 0.29) is 6.10 Å². The van der Waals surface area contributed by atoms with Crippen molar-refractivity contribution in [2.75, 3.05) is 43.1 Å². The number of benzene rings is 2. The van der Waals surface area contributed by atoms with Crippen LogP contribution in [0.5, 0.6) is 0 Å². The van der Waals surface area contributed by atoms with Crippen molar-refractivity contribution in [3.63, 3.8) is 0 Å². The van der Waals surface area contributed by atoms with E-state index in [2.05, 4.69) is 112 Å². The van der Waals surface area contributed by atoms with Gasteiger partial charge in [-0.05, 0) is 86.1 Å². The Kier molecular flexibility index (Phi) is 15.7. The topological polar surface area (TPSA) is 15.7 Å². The van der Waals surface area contributed by atoms with Gasteiger partial charge in [0, 0.05) is 44.7 Å². The second-order valence-electron chi connectivity index (χ2n) is 10.9. The van der Waals surface area contributed by atoms with Crippen molar-refractivity contribution in [2.45, 2.75) is 99.0 Å². The van der Waals surface area contributed by atoms with Crippen LogP contribution in [0.1, 0.15) is 107 Å². The number of aryl methyl sites for hydroxylation is 2. The molecule has 3 nitrogen and oxygen atoms in total. The van der Waals surface area contributed by atoms with Crippen LogP contribution in [0.4, 0.5) is 11.4 Å². The summed E-state index contributed by atoms with van der Waals surface area (Å²) in [6.07, 6.45) is 18.4. The number of hydrogen-bond acceptors (Lipinski definition) is 3. The highest BCUT2D eigenvalue weighted by atomic mass is 16.5. The monoisotopic (exact) mass is 532 g/mol. The number of allylic oxidation sites excluding steroid dienone is 2. The molecule has 39 heavy (non-hydrogen) atoms. The van der Waals surface area contributed by atoms with Gasteiger partial charge in [0.15, 0.2) is 0 Å². The fourth-order valence-electron chi connectivity index (χ4n) is 4.99. The Morgan fingerprint density at radius 2 is 1.15 bits per heavy atom. The summed E-state index contributed by atoms with van der Waals surface area (Å²) in [5.41, 5.74) is 7.79. The number of anilines is 2. The minimum atomic E-state index is -0.0578. The first-order chi connectivity index (χ1) is 19.0. The van der Waals surface area contributed by atoms with E-state index >= 15 is 0 Å². The molecule has 1 unspecified atom stereocenters. The number of methoxy groups -OCH3 is 1. The second-order valence-corrected chi connectivity index (χ2v) is 10.9. The summed E-state index contributed by atoms with van der Waals surface area (Å²) in [6, 6.07) is 13.8. The van der Waals surface area contributed by atoms with Gasteiger partial charge in [-0.25, -0.2) is 0 Å². The van der Waals surface area contributed by atoms with Crippen LogP contribution in [0, 0.1) is 13.8 Å². The summed E-state index contributed by atoms with van der Waals surface area (Å²) in [7, 11) is 1.80. The van der Waals surface area contributed by atoms with Crippen molar-refractivity contribution in [3.8, 4) is 0 Å². The smallest absolute Gasteiger partial charge is 0.101 e. The Morgan fingerprint density at radius 3 is 1.59 bits per heavy atom. The number of nitrogens with zero attached hydrogens (tertiary/aromatic N) is 2. The van der Waals surface area contributed by atoms with Crippen molar-refractivity contribution in [3.05, 3.63) is 76.9 Å². The summed E-state index contributed by atoms with van der Waals surface area (Å²) in [5.74, 6) is 0. The van der Waals surface area contributed by atoms with E-state index in [1.54, 1.807) is 7.11 Å². The van der Waals surface area contributed by atoms with E-state index in [1.807, 2.05) is 0 Å². The maximum atomic E-state index is 5.89. The minimum absolute atomic E-state index is 0.0578. The normalized spacial score (nSPS) is 12.5. The van der Waals surface area contributed by atoms with Gasteiger partial charge in [0.25, 0.3) is 0 Å². The van der Waals surface area contributed by atoms with Crippen molar-refractivity contribution in [1.29, 1.82) is 0 Å². The summed E-state index contributed by atoms with van der Waals surface area (Å²) >= 11 is 0. The Balaban J connectivity index is 2.11. The number of unbranched alkanes of at least 4 members (excludes halogenated alkanes) is 4. The number of rotatable bonds is 19. The van der Waals surface area contributed by atoms with Crippen LogP contribution < -0.4 is 9.80 Å². The van der Waals surface area contributed by atoms with Crippen LogP contribution in [0.3, 0.4) is 0 Å². The Morgan fingerprint density at radius 1 is 0.667 bits per heavy atom. The molecule has 0 heterocycles. The standard InChI is InChI=1S/C36H56N2O/c1-8-12-24-37(25-13-9-2)33-21-20-32(30(5)28-33)18-16-17-19-36(39-7)35-23-22-34(29-31(35)6)38(26-14-10-3)27-15-11-4/h16-23,28-29,36H,8-15,24-27H2,1-7H3/b18-16+,19-17+. The highest BCUT2D eigenvalue weighted by molar-refractivity contribution is 5.61. The molecule has 3 heteroatoms. The first-order valence-electron chi connectivity index (χ1n) is 15.6. The Bertz CT molecular complexity index is 993. The van der Waals surface area contributed by atoms with E-state index in [1.165, 1.54) is 85.0 Å².